The first kappa shape index (κ1) is 8.92. The number of fused-ring (bicyclic) bond motifs is 1. The quantitative estimate of drug-likeness (QED) is 0.704. The zero-order valence-electron chi connectivity index (χ0n) is 8.31. The lowest BCUT2D eigenvalue weighted by Crippen LogP contribution is -2.20. The maximum atomic E-state index is 11.2. The van der Waals surface area contributed by atoms with Crippen LogP contribution in [0.4, 0.5) is 0 Å². The summed E-state index contributed by atoms with van der Waals surface area (Å²) < 4.78 is 11.0. The maximum Gasteiger partial charge on any atom is 0.156 e. The molecule has 3 nitrogen and oxygen atoms in total. The molecule has 1 aliphatic carbocycles. The van der Waals surface area contributed by atoms with Crippen LogP contribution in [0.2, 0.25) is 0 Å². The third-order valence-corrected chi connectivity index (χ3v) is 3.10. The van der Waals surface area contributed by atoms with Crippen LogP contribution in [0.1, 0.15) is 24.7 Å². The molecule has 2 aliphatic rings. The summed E-state index contributed by atoms with van der Waals surface area (Å²) in [5.41, 5.74) is 1.23. The summed E-state index contributed by atoms with van der Waals surface area (Å²) in [5, 5.41) is 0. The Bertz CT molecular complexity index is 403. The first-order valence-electron chi connectivity index (χ1n) is 5.21. The Morgan fingerprint density at radius 2 is 2.27 bits per heavy atom. The second-order valence-electron chi connectivity index (χ2n) is 4.13. The Morgan fingerprint density at radius 3 is 3.07 bits per heavy atom. The van der Waals surface area contributed by atoms with E-state index in [2.05, 4.69) is 0 Å². The summed E-state index contributed by atoms with van der Waals surface area (Å²) in [6.45, 7) is 0.642. The maximum absolute atomic E-state index is 11.2. The molecule has 1 aromatic heterocycles. The number of allylic oxidation sites excluding steroid dienone is 1. The van der Waals surface area contributed by atoms with E-state index in [0.717, 1.165) is 12.2 Å². The zero-order chi connectivity index (χ0) is 10.3. The molecule has 0 N–H and O–H groups in total. The van der Waals surface area contributed by atoms with Crippen molar-refractivity contribution in [3.05, 3.63) is 35.8 Å². The topological polar surface area (TPSA) is 39.4 Å². The van der Waals surface area contributed by atoms with Gasteiger partial charge in [-0.15, -0.1) is 0 Å². The highest BCUT2D eigenvalue weighted by molar-refractivity contribution is 5.93. The van der Waals surface area contributed by atoms with E-state index in [4.69, 9.17) is 9.15 Å². The second-order valence-corrected chi connectivity index (χ2v) is 4.13. The van der Waals surface area contributed by atoms with E-state index in [9.17, 15) is 4.79 Å². The van der Waals surface area contributed by atoms with Crippen LogP contribution in [-0.4, -0.2) is 12.4 Å². The minimum absolute atomic E-state index is 0.00611. The number of carbonyl (C=O) groups excluding carboxylic acids is 1. The Hall–Kier alpha value is -1.35. The van der Waals surface area contributed by atoms with Crippen molar-refractivity contribution < 1.29 is 13.9 Å². The molecule has 1 saturated heterocycles. The minimum Gasteiger partial charge on any atom is -0.467 e. The molecule has 1 aromatic rings. The van der Waals surface area contributed by atoms with E-state index < -0.39 is 0 Å². The Balaban J connectivity index is 1.81. The summed E-state index contributed by atoms with van der Waals surface area (Å²) >= 11 is 0. The monoisotopic (exact) mass is 204 g/mol. The number of hydrogen-bond donors (Lipinski definition) is 0. The molecule has 2 atom stereocenters. The van der Waals surface area contributed by atoms with Crippen LogP contribution in [0, 0.1) is 5.92 Å². The van der Waals surface area contributed by atoms with Crippen LogP contribution in [0.15, 0.2) is 34.5 Å². The third kappa shape index (κ3) is 1.53. The van der Waals surface area contributed by atoms with Crippen molar-refractivity contribution in [3.63, 3.8) is 0 Å². The first-order chi connectivity index (χ1) is 7.33. The largest absolute Gasteiger partial charge is 0.467 e. The van der Waals surface area contributed by atoms with Gasteiger partial charge in [-0.05, 0) is 18.2 Å². The molecule has 0 bridgehead atoms. The highest BCUT2D eigenvalue weighted by Crippen LogP contribution is 2.38. The van der Waals surface area contributed by atoms with Crippen LogP contribution in [-0.2, 0) is 9.53 Å². The molecule has 2 heterocycles. The molecule has 15 heavy (non-hydrogen) atoms. The molecule has 0 saturated carbocycles. The SMILES string of the molecule is O=C1C=C2C[C@@H](c3ccco3)OC[C@@H]2C1. The van der Waals surface area contributed by atoms with Crippen molar-refractivity contribution in [2.75, 3.05) is 6.61 Å². The second kappa shape index (κ2) is 3.35. The number of hydrogen-bond acceptors (Lipinski definition) is 3. The lowest BCUT2D eigenvalue weighted by Gasteiger charge is -2.27. The van der Waals surface area contributed by atoms with Gasteiger partial charge in [0.05, 0.1) is 12.9 Å². The summed E-state index contributed by atoms with van der Waals surface area (Å²) in [7, 11) is 0. The molecular formula is C12H12O3. The highest BCUT2D eigenvalue weighted by atomic mass is 16.5. The fourth-order valence-electron chi connectivity index (χ4n) is 2.31. The van der Waals surface area contributed by atoms with Gasteiger partial charge in [0.1, 0.15) is 11.9 Å². The molecule has 0 unspecified atom stereocenters. The molecule has 1 fully saturated rings. The predicted octanol–water partition coefficient (Wildman–Crippen LogP) is 2.26. The molecule has 3 heteroatoms. The minimum atomic E-state index is -0.00611. The van der Waals surface area contributed by atoms with Gasteiger partial charge in [-0.1, -0.05) is 5.57 Å². The van der Waals surface area contributed by atoms with Crippen LogP contribution < -0.4 is 0 Å². The van der Waals surface area contributed by atoms with Gasteiger partial charge in [-0.2, -0.15) is 0 Å². The van der Waals surface area contributed by atoms with Crippen molar-refractivity contribution in [2.45, 2.75) is 18.9 Å². The molecule has 0 amide bonds. The van der Waals surface area contributed by atoms with Gasteiger partial charge in [-0.25, -0.2) is 0 Å². The molecule has 0 aromatic carbocycles. The van der Waals surface area contributed by atoms with Gasteiger partial charge >= 0.3 is 0 Å². The number of carbonyl (C=O) groups is 1. The van der Waals surface area contributed by atoms with Gasteiger partial charge in [0.2, 0.25) is 0 Å². The Labute approximate surface area is 87.7 Å². The van der Waals surface area contributed by atoms with Crippen LogP contribution in [0.5, 0.6) is 0 Å². The molecule has 3 rings (SSSR count). The summed E-state index contributed by atoms with van der Waals surface area (Å²) in [6, 6.07) is 3.78. The third-order valence-electron chi connectivity index (χ3n) is 3.10. The number of ether oxygens (including phenoxy) is 1. The summed E-state index contributed by atoms with van der Waals surface area (Å²) in [6.07, 6.45) is 4.85. The lowest BCUT2D eigenvalue weighted by atomic mass is 9.93. The number of ketones is 1. The molecule has 0 radical (unpaired) electrons. The van der Waals surface area contributed by atoms with Crippen molar-refractivity contribution in [1.29, 1.82) is 0 Å². The van der Waals surface area contributed by atoms with E-state index in [1.807, 2.05) is 12.1 Å². The Kier molecular flexibility index (Phi) is 1.99. The normalized spacial score (nSPS) is 30.1. The smallest absolute Gasteiger partial charge is 0.156 e. The van der Waals surface area contributed by atoms with Gasteiger partial charge in [0.25, 0.3) is 0 Å². The number of rotatable bonds is 1. The van der Waals surface area contributed by atoms with Gasteiger partial charge in [0.15, 0.2) is 5.78 Å². The lowest BCUT2D eigenvalue weighted by molar-refractivity contribution is -0.115. The van der Waals surface area contributed by atoms with Crippen molar-refractivity contribution in [2.24, 2.45) is 5.92 Å². The van der Waals surface area contributed by atoms with E-state index in [-0.39, 0.29) is 11.9 Å². The summed E-state index contributed by atoms with van der Waals surface area (Å²) in [4.78, 5) is 11.2. The fourth-order valence-corrected chi connectivity index (χ4v) is 2.31. The number of furan rings is 1. The fraction of sp³-hybridized carbons (Fsp3) is 0.417. The van der Waals surface area contributed by atoms with Crippen LogP contribution in [0.25, 0.3) is 0 Å². The van der Waals surface area contributed by atoms with E-state index in [0.29, 0.717) is 18.9 Å². The van der Waals surface area contributed by atoms with E-state index in [1.54, 1.807) is 12.3 Å². The summed E-state index contributed by atoms with van der Waals surface area (Å²) in [5.74, 6) is 1.41. The van der Waals surface area contributed by atoms with E-state index >= 15 is 0 Å². The highest BCUT2D eigenvalue weighted by Gasteiger charge is 2.33. The van der Waals surface area contributed by atoms with Crippen molar-refractivity contribution in [1.82, 2.24) is 0 Å². The first-order valence-corrected chi connectivity index (χ1v) is 5.21. The molecule has 1 aliphatic heterocycles. The van der Waals surface area contributed by atoms with Crippen molar-refractivity contribution >= 4 is 5.78 Å². The predicted molar refractivity (Wildman–Crippen MR) is 53.2 cm³/mol. The molecular weight excluding hydrogens is 192 g/mol. The van der Waals surface area contributed by atoms with Gasteiger partial charge in [-0.3, -0.25) is 4.79 Å². The van der Waals surface area contributed by atoms with Gasteiger partial charge in [0, 0.05) is 18.8 Å². The van der Waals surface area contributed by atoms with E-state index in [1.165, 1.54) is 5.57 Å². The molecule has 0 spiro atoms. The van der Waals surface area contributed by atoms with Gasteiger partial charge < -0.3 is 9.15 Å². The van der Waals surface area contributed by atoms with Crippen molar-refractivity contribution in [3.8, 4) is 0 Å². The molecule has 78 valence electrons. The zero-order valence-corrected chi connectivity index (χ0v) is 8.31. The van der Waals surface area contributed by atoms with Crippen LogP contribution in [0.3, 0.4) is 0 Å². The van der Waals surface area contributed by atoms with Crippen LogP contribution >= 0.6 is 0 Å². The standard InChI is InChI=1S/C12H12O3/c13-10-4-8-6-12(11-2-1-3-14-11)15-7-9(8)5-10/h1-4,9,12H,5-7H2/t9-,12-/m0/s1. The Morgan fingerprint density at radius 1 is 1.33 bits per heavy atom. The average Bonchev–Trinajstić information content (AvgIpc) is 2.82. The average molecular weight is 204 g/mol.